The molecule has 0 fully saturated rings. The Kier molecular flexibility index (Phi) is 6.46. The molecule has 0 unspecified atom stereocenters. The molecule has 1 aromatic carbocycles. The Balaban J connectivity index is 2.48. The van der Waals surface area contributed by atoms with E-state index in [2.05, 4.69) is 10.3 Å². The van der Waals surface area contributed by atoms with Gasteiger partial charge in [-0.2, -0.15) is 0 Å². The molecule has 0 aliphatic heterocycles. The maximum absolute atomic E-state index is 13.7. The molecule has 0 atom stereocenters. The number of halogens is 1. The van der Waals surface area contributed by atoms with E-state index in [0.717, 1.165) is 6.07 Å². The summed E-state index contributed by atoms with van der Waals surface area (Å²) in [6, 6.07) is 11.6. The van der Waals surface area contributed by atoms with Gasteiger partial charge >= 0.3 is 0 Å². The van der Waals surface area contributed by atoms with Crippen molar-refractivity contribution in [1.82, 2.24) is 4.98 Å². The van der Waals surface area contributed by atoms with Gasteiger partial charge in [0, 0.05) is 26.0 Å². The van der Waals surface area contributed by atoms with Gasteiger partial charge < -0.3 is 20.3 Å². The van der Waals surface area contributed by atoms with Gasteiger partial charge in [-0.05, 0) is 35.9 Å². The van der Waals surface area contributed by atoms with Crippen LogP contribution in [0.1, 0.15) is 15.9 Å². The zero-order valence-electron chi connectivity index (χ0n) is 14.5. The lowest BCUT2D eigenvalue weighted by Crippen LogP contribution is -2.30. The number of nitrogens with zero attached hydrogens (tertiary/aromatic N) is 1. The highest BCUT2D eigenvalue weighted by atomic mass is 19.1. The van der Waals surface area contributed by atoms with Crippen molar-refractivity contribution in [2.75, 3.05) is 24.3 Å². The largest absolute Gasteiger partial charge is 0.392 e. The number of anilines is 2. The first-order valence-corrected chi connectivity index (χ1v) is 7.88. The number of aromatic amines is 1. The fraction of sp³-hybridized carbons (Fsp3) is 0.158. The van der Waals surface area contributed by atoms with Crippen LogP contribution in [0, 0.1) is 5.82 Å². The molecule has 0 spiro atoms. The van der Waals surface area contributed by atoms with Gasteiger partial charge in [-0.3, -0.25) is 9.59 Å². The van der Waals surface area contributed by atoms with Crippen LogP contribution in [0.3, 0.4) is 0 Å². The number of benzene rings is 1. The lowest BCUT2D eigenvalue weighted by Gasteiger charge is -2.17. The normalized spacial score (nSPS) is 10.0. The quantitative estimate of drug-likeness (QED) is 0.785. The minimum absolute atomic E-state index is 0.102. The fourth-order valence-electron chi connectivity index (χ4n) is 2.21. The standard InChI is InChI=1S/C19H20FN3O3/c1-21-15-10-14(20)4-3-5-17(18(25)22-11-15)19(26)23(2)16-8-6-13(12-24)7-9-16/h3-11,21,24H,12H2,1-2H3,(H,22,25). The molecule has 6 nitrogen and oxygen atoms in total. The molecule has 2 aromatic rings. The summed E-state index contributed by atoms with van der Waals surface area (Å²) in [5.41, 5.74) is 0.861. The second-order valence-electron chi connectivity index (χ2n) is 5.48. The van der Waals surface area contributed by atoms with Crippen LogP contribution in [0.5, 0.6) is 0 Å². The average molecular weight is 357 g/mol. The molecular weight excluding hydrogens is 337 g/mol. The summed E-state index contributed by atoms with van der Waals surface area (Å²) < 4.78 is 13.7. The second-order valence-corrected chi connectivity index (χ2v) is 5.48. The van der Waals surface area contributed by atoms with Crippen molar-refractivity contribution in [3.05, 3.63) is 82.0 Å². The highest BCUT2D eigenvalue weighted by Crippen LogP contribution is 2.15. The number of aliphatic hydroxyl groups is 1. The number of hydrogen-bond acceptors (Lipinski definition) is 4. The van der Waals surface area contributed by atoms with Gasteiger partial charge in [0.15, 0.2) is 0 Å². The van der Waals surface area contributed by atoms with E-state index in [1.54, 1.807) is 31.3 Å². The fourth-order valence-corrected chi connectivity index (χ4v) is 2.21. The zero-order chi connectivity index (χ0) is 19.1. The Morgan fingerprint density at radius 2 is 1.92 bits per heavy atom. The number of rotatable bonds is 4. The third-order valence-electron chi connectivity index (χ3n) is 3.75. The minimum atomic E-state index is -0.609. The summed E-state index contributed by atoms with van der Waals surface area (Å²) in [4.78, 5) is 28.9. The third kappa shape index (κ3) is 4.67. The molecule has 0 radical (unpaired) electrons. The maximum atomic E-state index is 13.7. The molecule has 0 aliphatic rings. The first kappa shape index (κ1) is 19.1. The number of H-pyrrole nitrogens is 1. The Morgan fingerprint density at radius 3 is 2.54 bits per heavy atom. The van der Waals surface area contributed by atoms with Gasteiger partial charge in [0.05, 0.1) is 12.3 Å². The van der Waals surface area contributed by atoms with Gasteiger partial charge in [-0.25, -0.2) is 4.39 Å². The Bertz CT molecular complexity index is 893. The monoisotopic (exact) mass is 357 g/mol. The van der Waals surface area contributed by atoms with E-state index in [9.17, 15) is 14.0 Å². The van der Waals surface area contributed by atoms with Gasteiger partial charge in [0.25, 0.3) is 11.5 Å². The molecule has 0 saturated heterocycles. The summed E-state index contributed by atoms with van der Waals surface area (Å²) in [5.74, 6) is -1.08. The molecular formula is C19H20FN3O3. The van der Waals surface area contributed by atoms with Crippen LogP contribution in [0.2, 0.25) is 0 Å². The highest BCUT2D eigenvalue weighted by Gasteiger charge is 2.15. The molecule has 1 amide bonds. The van der Waals surface area contributed by atoms with Crippen molar-refractivity contribution >= 4 is 17.3 Å². The van der Waals surface area contributed by atoms with E-state index >= 15 is 0 Å². The van der Waals surface area contributed by atoms with Crippen molar-refractivity contribution < 1.29 is 14.3 Å². The molecule has 1 aromatic heterocycles. The number of aliphatic hydroxyl groups excluding tert-OH is 1. The molecule has 0 bridgehead atoms. The van der Waals surface area contributed by atoms with E-state index in [4.69, 9.17) is 5.11 Å². The lowest BCUT2D eigenvalue weighted by atomic mass is 10.2. The van der Waals surface area contributed by atoms with Crippen LogP contribution in [0.4, 0.5) is 15.8 Å². The minimum Gasteiger partial charge on any atom is -0.392 e. The Labute approximate surface area is 150 Å². The molecule has 2 rings (SSSR count). The second kappa shape index (κ2) is 8.77. The van der Waals surface area contributed by atoms with Crippen molar-refractivity contribution in [3.63, 3.8) is 0 Å². The van der Waals surface area contributed by atoms with Crippen LogP contribution in [0.15, 0.2) is 59.5 Å². The SMILES string of the molecule is CNc1c[nH]c(=O)c(C(=O)N(C)c2ccc(CO)cc2)cccc(F)c1. The molecule has 0 aliphatic carbocycles. The van der Waals surface area contributed by atoms with E-state index in [1.807, 2.05) is 0 Å². The number of hydrogen-bond donors (Lipinski definition) is 3. The zero-order valence-corrected chi connectivity index (χ0v) is 14.5. The summed E-state index contributed by atoms with van der Waals surface area (Å²) in [7, 11) is 3.12. The molecule has 3 N–H and O–H groups in total. The van der Waals surface area contributed by atoms with Gasteiger partial charge in [-0.1, -0.05) is 18.2 Å². The van der Waals surface area contributed by atoms with E-state index < -0.39 is 17.3 Å². The molecule has 136 valence electrons. The number of nitrogens with one attached hydrogen (secondary N) is 2. The van der Waals surface area contributed by atoms with Crippen LogP contribution in [-0.4, -0.2) is 30.1 Å². The number of carbonyl (C=O) groups excluding carboxylic acids is 1. The lowest BCUT2D eigenvalue weighted by molar-refractivity contribution is 0.0991. The molecule has 0 saturated carbocycles. The van der Waals surface area contributed by atoms with Gasteiger partial charge in [0.1, 0.15) is 11.4 Å². The van der Waals surface area contributed by atoms with Gasteiger partial charge in [0.2, 0.25) is 0 Å². The van der Waals surface area contributed by atoms with E-state index in [0.29, 0.717) is 16.9 Å². The van der Waals surface area contributed by atoms with Crippen LogP contribution < -0.4 is 15.8 Å². The summed E-state index contributed by atoms with van der Waals surface area (Å²) >= 11 is 0. The van der Waals surface area contributed by atoms with Crippen molar-refractivity contribution in [2.24, 2.45) is 0 Å². The summed E-state index contributed by atoms with van der Waals surface area (Å²) in [6.07, 6.45) is 1.29. The molecule has 7 heteroatoms. The van der Waals surface area contributed by atoms with Gasteiger partial charge in [-0.15, -0.1) is 0 Å². The topological polar surface area (TPSA) is 85.4 Å². The van der Waals surface area contributed by atoms with E-state index in [1.165, 1.54) is 36.3 Å². The number of amides is 1. The van der Waals surface area contributed by atoms with Crippen LogP contribution >= 0.6 is 0 Å². The highest BCUT2D eigenvalue weighted by molar-refractivity contribution is 6.05. The van der Waals surface area contributed by atoms with E-state index in [-0.39, 0.29) is 12.2 Å². The predicted octanol–water partition coefficient (Wildman–Crippen LogP) is 2.45. The molecule has 1 heterocycles. The predicted molar refractivity (Wildman–Crippen MR) is 99.3 cm³/mol. The number of aromatic nitrogens is 1. The third-order valence-corrected chi connectivity index (χ3v) is 3.75. The maximum Gasteiger partial charge on any atom is 0.263 e. The summed E-state index contributed by atoms with van der Waals surface area (Å²) in [5, 5.41) is 11.8. The number of carbonyl (C=O) groups is 1. The Hall–Kier alpha value is -3.19. The smallest absolute Gasteiger partial charge is 0.263 e. The molecule has 26 heavy (non-hydrogen) atoms. The van der Waals surface area contributed by atoms with Crippen LogP contribution in [0.25, 0.3) is 0 Å². The summed E-state index contributed by atoms with van der Waals surface area (Å²) in [6.45, 7) is -0.102. The first-order valence-electron chi connectivity index (χ1n) is 7.88. The van der Waals surface area contributed by atoms with Crippen molar-refractivity contribution in [2.45, 2.75) is 6.61 Å². The average Bonchev–Trinajstić information content (AvgIpc) is 2.66. The van der Waals surface area contributed by atoms with Crippen LogP contribution in [-0.2, 0) is 6.61 Å². The van der Waals surface area contributed by atoms with Crippen molar-refractivity contribution in [1.29, 1.82) is 0 Å². The Morgan fingerprint density at radius 1 is 1.23 bits per heavy atom. The first-order chi connectivity index (χ1) is 12.5. The van der Waals surface area contributed by atoms with Crippen molar-refractivity contribution in [3.8, 4) is 0 Å².